The minimum absolute atomic E-state index is 0.177. The Balaban J connectivity index is 1.59. The molecule has 27 heavy (non-hydrogen) atoms. The van der Waals surface area contributed by atoms with Gasteiger partial charge in [-0.15, -0.1) is 5.01 Å². The molecular weight excluding hydrogens is 356 g/mol. The van der Waals surface area contributed by atoms with Crippen molar-refractivity contribution < 1.29 is 28.1 Å². The molecule has 8 heteroatoms. The predicted molar refractivity (Wildman–Crippen MR) is 93.6 cm³/mol. The fourth-order valence-electron chi connectivity index (χ4n) is 4.17. The molecule has 148 valence electrons. The van der Waals surface area contributed by atoms with Gasteiger partial charge in [-0.1, -0.05) is 0 Å². The van der Waals surface area contributed by atoms with Crippen molar-refractivity contribution in [1.29, 1.82) is 0 Å². The lowest BCUT2D eigenvalue weighted by Crippen LogP contribution is -2.36. The number of aliphatic hydroxyl groups is 1. The summed E-state index contributed by atoms with van der Waals surface area (Å²) in [7, 11) is 3.51. The molecule has 1 aromatic carbocycles. The molecule has 2 saturated carbocycles. The molecular formula is C19H26F2N3O3+. The van der Waals surface area contributed by atoms with Crippen molar-refractivity contribution in [3.05, 3.63) is 29.3 Å². The molecule has 3 fully saturated rings. The van der Waals surface area contributed by atoms with Gasteiger partial charge in [-0.05, 0) is 38.7 Å². The number of hydrogen-bond donors (Lipinski definition) is 1. The second-order valence-electron chi connectivity index (χ2n) is 8.22. The van der Waals surface area contributed by atoms with Crippen LogP contribution in [0.3, 0.4) is 0 Å². The molecule has 4 atom stereocenters. The van der Waals surface area contributed by atoms with E-state index in [4.69, 9.17) is 9.47 Å². The molecule has 1 saturated heterocycles. The van der Waals surface area contributed by atoms with Crippen molar-refractivity contribution in [3.8, 4) is 0 Å². The molecule has 1 aliphatic heterocycles. The molecule has 4 unspecified atom stereocenters. The second kappa shape index (κ2) is 6.46. The van der Waals surface area contributed by atoms with Gasteiger partial charge in [0.2, 0.25) is 0 Å². The highest BCUT2D eigenvalue weighted by Gasteiger charge is 2.56. The molecule has 1 heterocycles. The fraction of sp³-hybridized carbons (Fsp3) is 0.684. The van der Waals surface area contributed by atoms with Crippen LogP contribution in [-0.4, -0.2) is 54.0 Å². The number of rotatable bonds is 4. The first kappa shape index (κ1) is 18.7. The first-order chi connectivity index (χ1) is 12.7. The zero-order valence-corrected chi connectivity index (χ0v) is 16.0. The number of aliphatic hydroxyl groups excluding tert-OH is 1. The summed E-state index contributed by atoms with van der Waals surface area (Å²) in [6.45, 7) is 3.64. The first-order valence-electron chi connectivity index (χ1n) is 9.37. The number of ether oxygens (including phenoxy) is 2. The molecule has 0 bridgehead atoms. The lowest BCUT2D eigenvalue weighted by atomic mass is 10.1. The van der Waals surface area contributed by atoms with E-state index in [1.54, 1.807) is 23.8 Å². The van der Waals surface area contributed by atoms with E-state index in [-0.39, 0.29) is 18.1 Å². The Bertz CT molecular complexity index is 782. The molecule has 1 N–H and O–H groups in total. The number of fused-ring (bicyclic) bond motifs is 1. The highest BCUT2D eigenvalue weighted by Crippen LogP contribution is 2.45. The topological polar surface area (TPSA) is 57.3 Å². The third-order valence-electron chi connectivity index (χ3n) is 5.60. The summed E-state index contributed by atoms with van der Waals surface area (Å²) in [5.74, 6) is -2.21. The Morgan fingerprint density at radius 3 is 2.48 bits per heavy atom. The molecule has 0 amide bonds. The predicted octanol–water partition coefficient (Wildman–Crippen LogP) is 2.94. The monoisotopic (exact) mass is 382 g/mol. The van der Waals surface area contributed by atoms with Crippen molar-refractivity contribution in [2.24, 2.45) is 5.22 Å². The SMILES string of the molecule is CN(N=[N+](C)C1CC(O)C2OC(C)(C)OC21)c1cc(F)c(F)cc1C1CC1. The normalized spacial score (nSPS) is 32.6. The van der Waals surface area contributed by atoms with Crippen LogP contribution in [0.5, 0.6) is 0 Å². The van der Waals surface area contributed by atoms with Crippen LogP contribution >= 0.6 is 0 Å². The number of likely N-dealkylation sites (N-methyl/N-ethyl adjacent to an activating group) is 1. The molecule has 3 aliphatic rings. The van der Waals surface area contributed by atoms with Crippen molar-refractivity contribution in [3.63, 3.8) is 0 Å². The van der Waals surface area contributed by atoms with Gasteiger partial charge in [-0.3, -0.25) is 0 Å². The Labute approximate surface area is 157 Å². The van der Waals surface area contributed by atoms with E-state index < -0.39 is 29.6 Å². The standard InChI is InChI=1S/C19H26F2N3O3/c1-19(2)26-17-15(9-16(25)18(17)27-19)24(4)22-23(3)14-8-13(21)12(20)7-11(14)10-5-6-10/h7-8,10,15-18,25H,5-6,9H2,1-4H3/q+1. The smallest absolute Gasteiger partial charge is 0.164 e. The van der Waals surface area contributed by atoms with Crippen LogP contribution < -0.4 is 5.01 Å². The number of halogens is 2. The number of benzene rings is 1. The largest absolute Gasteiger partial charge is 0.390 e. The average Bonchev–Trinajstić information content (AvgIpc) is 3.31. The quantitative estimate of drug-likeness (QED) is 0.494. The van der Waals surface area contributed by atoms with Gasteiger partial charge < -0.3 is 14.6 Å². The summed E-state index contributed by atoms with van der Waals surface area (Å²) in [6.07, 6.45) is 1.09. The van der Waals surface area contributed by atoms with Crippen LogP contribution in [0.15, 0.2) is 17.4 Å². The maximum Gasteiger partial charge on any atom is 0.164 e. The third-order valence-corrected chi connectivity index (χ3v) is 5.60. The molecule has 0 aromatic heterocycles. The Morgan fingerprint density at radius 1 is 1.19 bits per heavy atom. The summed E-state index contributed by atoms with van der Waals surface area (Å²) < 4.78 is 41.0. The maximum atomic E-state index is 13.8. The zero-order valence-electron chi connectivity index (χ0n) is 16.0. The summed E-state index contributed by atoms with van der Waals surface area (Å²) in [6, 6.07) is 2.30. The van der Waals surface area contributed by atoms with Crippen LogP contribution in [-0.2, 0) is 9.47 Å². The van der Waals surface area contributed by atoms with Crippen molar-refractivity contribution in [2.75, 3.05) is 19.1 Å². The lowest BCUT2D eigenvalue weighted by molar-refractivity contribution is -0.611. The number of anilines is 1. The highest BCUT2D eigenvalue weighted by atomic mass is 19.2. The van der Waals surface area contributed by atoms with Crippen LogP contribution in [0, 0.1) is 11.6 Å². The molecule has 4 rings (SSSR count). The van der Waals surface area contributed by atoms with Gasteiger partial charge in [0.15, 0.2) is 23.1 Å². The molecule has 2 aliphatic carbocycles. The summed E-state index contributed by atoms with van der Waals surface area (Å²) in [4.78, 5) is 0. The van der Waals surface area contributed by atoms with Gasteiger partial charge in [0.1, 0.15) is 25.3 Å². The molecule has 1 aromatic rings. The van der Waals surface area contributed by atoms with E-state index in [0.29, 0.717) is 12.1 Å². The highest BCUT2D eigenvalue weighted by molar-refractivity contribution is 5.55. The van der Waals surface area contributed by atoms with Crippen LogP contribution in [0.2, 0.25) is 0 Å². The van der Waals surface area contributed by atoms with Gasteiger partial charge in [-0.25, -0.2) is 8.78 Å². The van der Waals surface area contributed by atoms with Gasteiger partial charge >= 0.3 is 0 Å². The van der Waals surface area contributed by atoms with Gasteiger partial charge in [0, 0.05) is 18.1 Å². The zero-order chi connectivity index (χ0) is 19.5. The number of nitrogens with zero attached hydrogens (tertiary/aromatic N) is 3. The van der Waals surface area contributed by atoms with E-state index >= 15 is 0 Å². The Hall–Kier alpha value is -1.64. The summed E-state index contributed by atoms with van der Waals surface area (Å²) >= 11 is 0. The molecule has 6 nitrogen and oxygen atoms in total. The average molecular weight is 382 g/mol. The van der Waals surface area contributed by atoms with E-state index in [1.165, 1.54) is 12.1 Å². The van der Waals surface area contributed by atoms with E-state index in [9.17, 15) is 13.9 Å². The van der Waals surface area contributed by atoms with Crippen LogP contribution in [0.25, 0.3) is 0 Å². The first-order valence-corrected chi connectivity index (χ1v) is 9.37. The van der Waals surface area contributed by atoms with Gasteiger partial charge in [0.05, 0.1) is 18.4 Å². The number of hydrogen-bond acceptors (Lipinski definition) is 4. The van der Waals surface area contributed by atoms with Crippen molar-refractivity contribution in [2.45, 2.75) is 69.2 Å². The van der Waals surface area contributed by atoms with E-state index in [2.05, 4.69) is 5.22 Å². The third kappa shape index (κ3) is 3.46. The Kier molecular flexibility index (Phi) is 4.48. The molecule has 0 radical (unpaired) electrons. The van der Waals surface area contributed by atoms with Crippen molar-refractivity contribution in [1.82, 2.24) is 0 Å². The fourth-order valence-corrected chi connectivity index (χ4v) is 4.17. The maximum absolute atomic E-state index is 13.8. The minimum atomic E-state index is -0.885. The lowest BCUT2D eigenvalue weighted by Gasteiger charge is -2.21. The van der Waals surface area contributed by atoms with E-state index in [1.807, 2.05) is 13.8 Å². The van der Waals surface area contributed by atoms with Crippen LogP contribution in [0.1, 0.15) is 44.6 Å². The summed E-state index contributed by atoms with van der Waals surface area (Å²) in [5.41, 5.74) is 1.33. The molecule has 0 spiro atoms. The van der Waals surface area contributed by atoms with Crippen molar-refractivity contribution >= 4 is 5.69 Å². The van der Waals surface area contributed by atoms with Gasteiger partial charge in [0.25, 0.3) is 0 Å². The van der Waals surface area contributed by atoms with Crippen LogP contribution in [0.4, 0.5) is 14.5 Å². The minimum Gasteiger partial charge on any atom is -0.390 e. The second-order valence-corrected chi connectivity index (χ2v) is 8.22. The Morgan fingerprint density at radius 2 is 1.81 bits per heavy atom. The van der Waals surface area contributed by atoms with E-state index in [0.717, 1.165) is 18.4 Å². The summed E-state index contributed by atoms with van der Waals surface area (Å²) in [5, 5.41) is 16.4. The van der Waals surface area contributed by atoms with Gasteiger partial charge in [-0.2, -0.15) is 4.70 Å².